The minimum Gasteiger partial charge on any atom is -0.489 e. The van der Waals surface area contributed by atoms with Crippen LogP contribution >= 0.6 is 34.3 Å². The fourth-order valence-electron chi connectivity index (χ4n) is 2.91. The molecule has 0 aliphatic rings. The third kappa shape index (κ3) is 4.58. The van der Waals surface area contributed by atoms with Crippen LogP contribution in [0.25, 0.3) is 21.8 Å². The number of nitrogens with zero attached hydrogens (tertiary/aromatic N) is 1. The summed E-state index contributed by atoms with van der Waals surface area (Å²) in [5.74, 6) is 0.793. The van der Waals surface area contributed by atoms with Gasteiger partial charge in [0.2, 0.25) is 10.0 Å². The van der Waals surface area contributed by atoms with Crippen molar-refractivity contribution in [3.05, 3.63) is 75.4 Å². The van der Waals surface area contributed by atoms with Crippen molar-refractivity contribution in [1.29, 1.82) is 0 Å². The van der Waals surface area contributed by atoms with Crippen LogP contribution in [0.5, 0.6) is 5.75 Å². The first kappa shape index (κ1) is 21.0. The first-order valence-electron chi connectivity index (χ1n) is 8.87. The molecular formula is C21H17ClN2O3S3. The summed E-state index contributed by atoms with van der Waals surface area (Å²) in [5, 5.41) is 7.90. The molecule has 0 atom stereocenters. The van der Waals surface area contributed by atoms with Gasteiger partial charge in [0.15, 0.2) is 0 Å². The van der Waals surface area contributed by atoms with Crippen molar-refractivity contribution in [2.24, 2.45) is 5.14 Å². The summed E-state index contributed by atoms with van der Waals surface area (Å²) in [4.78, 5) is 4.66. The highest BCUT2D eigenvalue weighted by molar-refractivity contribution is 7.91. The molecule has 4 aromatic rings. The number of benzene rings is 2. The molecule has 0 aliphatic heterocycles. The van der Waals surface area contributed by atoms with E-state index in [1.165, 1.54) is 16.9 Å². The van der Waals surface area contributed by atoms with Gasteiger partial charge in [0.1, 0.15) is 21.6 Å². The topological polar surface area (TPSA) is 82.3 Å². The minimum atomic E-state index is -3.89. The maximum Gasteiger partial charge on any atom is 0.248 e. The van der Waals surface area contributed by atoms with Crippen LogP contribution in [0.4, 0.5) is 0 Å². The van der Waals surface area contributed by atoms with Crippen molar-refractivity contribution in [2.45, 2.75) is 17.7 Å². The number of hydrogen-bond donors (Lipinski definition) is 1. The average Bonchev–Trinajstić information content (AvgIpc) is 3.34. The quantitative estimate of drug-likeness (QED) is 0.385. The van der Waals surface area contributed by atoms with E-state index in [4.69, 9.17) is 21.5 Å². The van der Waals surface area contributed by atoms with E-state index in [-0.39, 0.29) is 4.21 Å². The Bertz CT molecular complexity index is 1300. The number of thiazole rings is 1. The monoisotopic (exact) mass is 476 g/mol. The molecule has 2 N–H and O–H groups in total. The Morgan fingerprint density at radius 1 is 1.10 bits per heavy atom. The fourth-order valence-corrected chi connectivity index (χ4v) is 6.10. The third-order valence-corrected chi connectivity index (χ3v) is 7.99. The highest BCUT2D eigenvalue weighted by Gasteiger charge is 2.22. The second-order valence-corrected chi connectivity index (χ2v) is 10.9. The van der Waals surface area contributed by atoms with Gasteiger partial charge >= 0.3 is 0 Å². The number of thiophene rings is 1. The number of aromatic nitrogens is 1. The number of hydrogen-bond acceptors (Lipinski definition) is 6. The molecule has 0 aliphatic carbocycles. The maximum absolute atomic E-state index is 11.9. The highest BCUT2D eigenvalue weighted by atomic mass is 35.5. The zero-order chi connectivity index (χ0) is 21.3. The van der Waals surface area contributed by atoms with E-state index < -0.39 is 10.0 Å². The maximum atomic E-state index is 11.9. The van der Waals surface area contributed by atoms with Gasteiger partial charge in [0.05, 0.1) is 10.0 Å². The van der Waals surface area contributed by atoms with Crippen molar-refractivity contribution >= 4 is 44.3 Å². The number of sulfonamides is 1. The van der Waals surface area contributed by atoms with Gasteiger partial charge in [-0.15, -0.1) is 22.7 Å². The molecule has 0 saturated heterocycles. The normalized spacial score (nSPS) is 11.6. The van der Waals surface area contributed by atoms with Crippen LogP contribution in [0.3, 0.4) is 0 Å². The number of aryl methyl sites for hydroxylation is 1. The van der Waals surface area contributed by atoms with Gasteiger partial charge < -0.3 is 4.74 Å². The Morgan fingerprint density at radius 3 is 2.57 bits per heavy atom. The number of halogens is 1. The molecular weight excluding hydrogens is 460 g/mol. The van der Waals surface area contributed by atoms with Crippen LogP contribution in [-0.2, 0) is 16.6 Å². The van der Waals surface area contributed by atoms with E-state index in [0.717, 1.165) is 33.2 Å². The molecule has 4 rings (SSSR count). The van der Waals surface area contributed by atoms with E-state index in [9.17, 15) is 8.42 Å². The molecule has 5 nitrogen and oxygen atoms in total. The molecule has 0 spiro atoms. The Morgan fingerprint density at radius 2 is 1.83 bits per heavy atom. The Hall–Kier alpha value is -2.23. The predicted octanol–water partition coefficient (Wildman–Crippen LogP) is 5.73. The van der Waals surface area contributed by atoms with Crippen molar-refractivity contribution in [3.63, 3.8) is 0 Å². The summed E-state index contributed by atoms with van der Waals surface area (Å²) in [7, 11) is -3.89. The molecule has 2 heterocycles. The predicted molar refractivity (Wildman–Crippen MR) is 123 cm³/mol. The van der Waals surface area contributed by atoms with Gasteiger partial charge in [0, 0.05) is 16.5 Å². The zero-order valence-corrected chi connectivity index (χ0v) is 19.0. The number of ether oxygens (including phenoxy) is 1. The molecule has 0 amide bonds. The molecule has 0 radical (unpaired) electrons. The summed E-state index contributed by atoms with van der Waals surface area (Å²) >= 11 is 8.39. The van der Waals surface area contributed by atoms with Crippen LogP contribution in [0, 0.1) is 6.92 Å². The zero-order valence-electron chi connectivity index (χ0n) is 15.8. The molecule has 0 unspecified atom stereocenters. The smallest absolute Gasteiger partial charge is 0.248 e. The third-order valence-electron chi connectivity index (χ3n) is 4.37. The Labute approximate surface area is 187 Å². The fraction of sp³-hybridized carbons (Fsp3) is 0.0952. The minimum absolute atomic E-state index is 0.0142. The van der Waals surface area contributed by atoms with E-state index in [1.54, 1.807) is 11.4 Å². The van der Waals surface area contributed by atoms with E-state index in [0.29, 0.717) is 22.2 Å². The lowest BCUT2D eigenvalue weighted by molar-refractivity contribution is 0.306. The Kier molecular flexibility index (Phi) is 5.95. The van der Waals surface area contributed by atoms with Crippen LogP contribution < -0.4 is 9.88 Å². The lowest BCUT2D eigenvalue weighted by atomic mass is 10.1. The van der Waals surface area contributed by atoms with E-state index in [1.807, 2.05) is 55.5 Å². The van der Waals surface area contributed by atoms with Gasteiger partial charge in [-0.1, -0.05) is 53.6 Å². The first-order valence-corrected chi connectivity index (χ1v) is 12.5. The first-order chi connectivity index (χ1) is 14.3. The van der Waals surface area contributed by atoms with Crippen LogP contribution in [0.1, 0.15) is 11.1 Å². The van der Waals surface area contributed by atoms with Gasteiger partial charge in [-0.25, -0.2) is 18.5 Å². The second-order valence-electron chi connectivity index (χ2n) is 6.59. The summed E-state index contributed by atoms with van der Waals surface area (Å²) in [6.07, 6.45) is 0. The SMILES string of the molecule is Cc1ccc(OCc2ccccc2-c2nc(-c3cc(Cl)sc3S(N)(=O)=O)cs2)cc1. The molecule has 0 fully saturated rings. The van der Waals surface area contributed by atoms with Crippen LogP contribution in [-0.4, -0.2) is 13.4 Å². The van der Waals surface area contributed by atoms with Gasteiger partial charge in [-0.3, -0.25) is 0 Å². The van der Waals surface area contributed by atoms with Gasteiger partial charge in [0.25, 0.3) is 0 Å². The molecule has 9 heteroatoms. The molecule has 30 heavy (non-hydrogen) atoms. The van der Waals surface area contributed by atoms with Gasteiger partial charge in [-0.05, 0) is 30.7 Å². The lowest BCUT2D eigenvalue weighted by Gasteiger charge is -2.10. The van der Waals surface area contributed by atoms with E-state index in [2.05, 4.69) is 4.98 Å². The largest absolute Gasteiger partial charge is 0.489 e. The number of nitrogens with two attached hydrogens (primary N) is 1. The summed E-state index contributed by atoms with van der Waals surface area (Å²) in [5.41, 5.74) is 4.03. The standard InChI is InChI=1S/C21H17ClN2O3S3/c1-13-6-8-15(9-7-13)27-11-14-4-2-3-5-16(14)20-24-18(12-28-20)17-10-19(22)29-21(17)30(23,25)26/h2-10,12H,11H2,1H3,(H2,23,25,26). The van der Waals surface area contributed by atoms with Gasteiger partial charge in [-0.2, -0.15) is 0 Å². The van der Waals surface area contributed by atoms with Crippen molar-refractivity contribution in [3.8, 4) is 27.6 Å². The average molecular weight is 477 g/mol. The molecule has 0 bridgehead atoms. The van der Waals surface area contributed by atoms with E-state index >= 15 is 0 Å². The summed E-state index contributed by atoms with van der Waals surface area (Å²) in [6, 6.07) is 17.3. The summed E-state index contributed by atoms with van der Waals surface area (Å²) < 4.78 is 30.1. The summed E-state index contributed by atoms with van der Waals surface area (Å²) in [6.45, 7) is 2.42. The molecule has 154 valence electrons. The van der Waals surface area contributed by atoms with Crippen molar-refractivity contribution in [1.82, 2.24) is 4.98 Å². The molecule has 0 saturated carbocycles. The lowest BCUT2D eigenvalue weighted by Crippen LogP contribution is -2.11. The highest BCUT2D eigenvalue weighted by Crippen LogP contribution is 2.39. The molecule has 2 aromatic carbocycles. The second kappa shape index (κ2) is 8.49. The van der Waals surface area contributed by atoms with Crippen LogP contribution in [0.15, 0.2) is 64.2 Å². The Balaban J connectivity index is 1.64. The van der Waals surface area contributed by atoms with Crippen molar-refractivity contribution in [2.75, 3.05) is 0 Å². The van der Waals surface area contributed by atoms with Crippen molar-refractivity contribution < 1.29 is 13.2 Å². The van der Waals surface area contributed by atoms with Crippen LogP contribution in [0.2, 0.25) is 4.34 Å². The number of rotatable bonds is 6. The number of primary sulfonamides is 1. The molecule has 2 aromatic heterocycles.